The van der Waals surface area contributed by atoms with E-state index < -0.39 is 0 Å². The highest BCUT2D eigenvalue weighted by Gasteiger charge is 2.23. The lowest BCUT2D eigenvalue weighted by molar-refractivity contribution is 0.154. The van der Waals surface area contributed by atoms with Crippen LogP contribution < -0.4 is 5.73 Å². The SMILES string of the molecule is CC1CN(Cc2cc(-c3ccccc3)on2)CCC1N. The molecule has 2 aromatic rings. The number of nitrogens with two attached hydrogens (primary N) is 1. The molecular formula is C16H21N3O. The standard InChI is InChI=1S/C16H21N3O/c1-12-10-19(8-7-15(12)17)11-14-9-16(20-18-14)13-5-3-2-4-6-13/h2-6,9,12,15H,7-8,10-11,17H2,1H3. The van der Waals surface area contributed by atoms with Crippen LogP contribution in [0.15, 0.2) is 40.9 Å². The van der Waals surface area contributed by atoms with Crippen molar-refractivity contribution in [1.29, 1.82) is 0 Å². The summed E-state index contributed by atoms with van der Waals surface area (Å²) in [6, 6.07) is 12.5. The number of rotatable bonds is 3. The van der Waals surface area contributed by atoms with Gasteiger partial charge in [0.05, 0.1) is 5.69 Å². The Morgan fingerprint density at radius 1 is 1.35 bits per heavy atom. The number of nitrogens with zero attached hydrogens (tertiary/aromatic N) is 2. The number of benzene rings is 1. The number of hydrogen-bond donors (Lipinski definition) is 1. The summed E-state index contributed by atoms with van der Waals surface area (Å²) in [6.45, 7) is 5.14. The zero-order valence-corrected chi connectivity index (χ0v) is 11.8. The Balaban J connectivity index is 1.66. The van der Waals surface area contributed by atoms with Crippen LogP contribution >= 0.6 is 0 Å². The molecule has 3 rings (SSSR count). The van der Waals surface area contributed by atoms with E-state index in [-0.39, 0.29) is 0 Å². The molecule has 2 atom stereocenters. The monoisotopic (exact) mass is 271 g/mol. The van der Waals surface area contributed by atoms with Crippen LogP contribution in [-0.2, 0) is 6.54 Å². The van der Waals surface area contributed by atoms with Crippen LogP contribution in [0, 0.1) is 5.92 Å². The van der Waals surface area contributed by atoms with Gasteiger partial charge in [0.15, 0.2) is 5.76 Å². The van der Waals surface area contributed by atoms with Crippen molar-refractivity contribution in [3.63, 3.8) is 0 Å². The Labute approximate surface area is 119 Å². The molecule has 1 aliphatic heterocycles. The summed E-state index contributed by atoms with van der Waals surface area (Å²) in [6.07, 6.45) is 1.06. The minimum absolute atomic E-state index is 0.337. The Bertz CT molecular complexity index is 552. The lowest BCUT2D eigenvalue weighted by atomic mass is 9.95. The van der Waals surface area contributed by atoms with Gasteiger partial charge in [0.1, 0.15) is 0 Å². The number of piperidine rings is 1. The van der Waals surface area contributed by atoms with Crippen LogP contribution in [0.2, 0.25) is 0 Å². The molecule has 2 unspecified atom stereocenters. The maximum absolute atomic E-state index is 6.05. The first-order valence-corrected chi connectivity index (χ1v) is 7.21. The van der Waals surface area contributed by atoms with Gasteiger partial charge in [-0.25, -0.2) is 0 Å². The first kappa shape index (κ1) is 13.3. The molecule has 106 valence electrons. The fourth-order valence-electron chi connectivity index (χ4n) is 2.75. The third kappa shape index (κ3) is 2.92. The molecule has 4 nitrogen and oxygen atoms in total. The fourth-order valence-corrected chi connectivity index (χ4v) is 2.75. The van der Waals surface area contributed by atoms with E-state index in [2.05, 4.69) is 17.0 Å². The van der Waals surface area contributed by atoms with Crippen molar-refractivity contribution in [3.05, 3.63) is 42.1 Å². The normalized spacial score (nSPS) is 23.9. The van der Waals surface area contributed by atoms with E-state index in [1.165, 1.54) is 0 Å². The molecule has 2 N–H and O–H groups in total. The number of aromatic nitrogens is 1. The summed E-state index contributed by atoms with van der Waals surface area (Å²) in [4.78, 5) is 2.40. The van der Waals surface area contributed by atoms with Crippen molar-refractivity contribution in [3.8, 4) is 11.3 Å². The Morgan fingerprint density at radius 3 is 2.90 bits per heavy atom. The van der Waals surface area contributed by atoms with E-state index in [1.807, 2.05) is 36.4 Å². The van der Waals surface area contributed by atoms with Gasteiger partial charge in [-0.2, -0.15) is 0 Å². The van der Waals surface area contributed by atoms with Crippen LogP contribution in [0.5, 0.6) is 0 Å². The zero-order chi connectivity index (χ0) is 13.9. The summed E-state index contributed by atoms with van der Waals surface area (Å²) in [5.41, 5.74) is 8.12. The summed E-state index contributed by atoms with van der Waals surface area (Å²) < 4.78 is 5.44. The highest BCUT2D eigenvalue weighted by atomic mass is 16.5. The third-order valence-corrected chi connectivity index (χ3v) is 4.06. The zero-order valence-electron chi connectivity index (χ0n) is 11.8. The minimum Gasteiger partial charge on any atom is -0.356 e. The van der Waals surface area contributed by atoms with Crippen molar-refractivity contribution < 1.29 is 4.52 Å². The molecule has 0 bridgehead atoms. The average Bonchev–Trinajstić information content (AvgIpc) is 2.92. The topological polar surface area (TPSA) is 55.3 Å². The molecule has 1 aromatic carbocycles. The molecule has 4 heteroatoms. The summed E-state index contributed by atoms with van der Waals surface area (Å²) >= 11 is 0. The van der Waals surface area contributed by atoms with Gasteiger partial charge in [0.2, 0.25) is 0 Å². The highest BCUT2D eigenvalue weighted by Crippen LogP contribution is 2.22. The van der Waals surface area contributed by atoms with Crippen LogP contribution in [-0.4, -0.2) is 29.2 Å². The fraction of sp³-hybridized carbons (Fsp3) is 0.438. The molecule has 0 radical (unpaired) electrons. The van der Waals surface area contributed by atoms with Crippen molar-refractivity contribution in [1.82, 2.24) is 10.1 Å². The van der Waals surface area contributed by atoms with Crippen molar-refractivity contribution in [2.24, 2.45) is 11.7 Å². The molecule has 1 aliphatic rings. The van der Waals surface area contributed by atoms with E-state index >= 15 is 0 Å². The van der Waals surface area contributed by atoms with Gasteiger partial charge in [0, 0.05) is 37.3 Å². The quantitative estimate of drug-likeness (QED) is 0.932. The summed E-state index contributed by atoms with van der Waals surface area (Å²) in [5, 5.41) is 4.18. The van der Waals surface area contributed by atoms with Gasteiger partial charge in [-0.15, -0.1) is 0 Å². The summed E-state index contributed by atoms with van der Waals surface area (Å²) in [5.74, 6) is 1.38. The molecule has 1 aromatic heterocycles. The second-order valence-electron chi connectivity index (χ2n) is 5.71. The minimum atomic E-state index is 0.337. The number of likely N-dealkylation sites (tertiary alicyclic amines) is 1. The van der Waals surface area contributed by atoms with E-state index in [1.54, 1.807) is 0 Å². The molecule has 0 amide bonds. The Kier molecular flexibility index (Phi) is 3.85. The lowest BCUT2D eigenvalue weighted by Crippen LogP contribution is -2.45. The molecule has 1 fully saturated rings. The summed E-state index contributed by atoms with van der Waals surface area (Å²) in [7, 11) is 0. The maximum Gasteiger partial charge on any atom is 0.167 e. The van der Waals surface area contributed by atoms with Gasteiger partial charge in [-0.05, 0) is 12.3 Å². The first-order chi connectivity index (χ1) is 9.72. The van der Waals surface area contributed by atoms with Crippen molar-refractivity contribution >= 4 is 0 Å². The molecule has 1 saturated heterocycles. The van der Waals surface area contributed by atoms with Crippen molar-refractivity contribution in [2.75, 3.05) is 13.1 Å². The molecule has 20 heavy (non-hydrogen) atoms. The predicted octanol–water partition coefficient (Wildman–Crippen LogP) is 2.51. The van der Waals surface area contributed by atoms with Crippen LogP contribution in [0.4, 0.5) is 0 Å². The second kappa shape index (κ2) is 5.77. The smallest absolute Gasteiger partial charge is 0.167 e. The van der Waals surface area contributed by atoms with Crippen LogP contribution in [0.25, 0.3) is 11.3 Å². The van der Waals surface area contributed by atoms with Crippen LogP contribution in [0.1, 0.15) is 19.0 Å². The Morgan fingerprint density at radius 2 is 2.15 bits per heavy atom. The number of hydrogen-bond acceptors (Lipinski definition) is 4. The van der Waals surface area contributed by atoms with Crippen molar-refractivity contribution in [2.45, 2.75) is 25.9 Å². The molecule has 0 spiro atoms. The van der Waals surface area contributed by atoms with Gasteiger partial charge in [-0.3, -0.25) is 4.90 Å². The van der Waals surface area contributed by atoms with Crippen LogP contribution in [0.3, 0.4) is 0 Å². The van der Waals surface area contributed by atoms with Gasteiger partial charge in [-0.1, -0.05) is 42.4 Å². The van der Waals surface area contributed by atoms with Gasteiger partial charge in [0.25, 0.3) is 0 Å². The molecule has 0 saturated carbocycles. The van der Waals surface area contributed by atoms with Gasteiger partial charge >= 0.3 is 0 Å². The largest absolute Gasteiger partial charge is 0.356 e. The maximum atomic E-state index is 6.05. The van der Waals surface area contributed by atoms with E-state index in [0.717, 1.165) is 43.1 Å². The molecule has 2 heterocycles. The third-order valence-electron chi connectivity index (χ3n) is 4.06. The first-order valence-electron chi connectivity index (χ1n) is 7.21. The van der Waals surface area contributed by atoms with E-state index in [0.29, 0.717) is 12.0 Å². The molecular weight excluding hydrogens is 250 g/mol. The highest BCUT2D eigenvalue weighted by molar-refractivity contribution is 5.56. The van der Waals surface area contributed by atoms with E-state index in [4.69, 9.17) is 10.3 Å². The second-order valence-corrected chi connectivity index (χ2v) is 5.71. The van der Waals surface area contributed by atoms with E-state index in [9.17, 15) is 0 Å². The predicted molar refractivity (Wildman–Crippen MR) is 79.0 cm³/mol. The average molecular weight is 271 g/mol. The molecule has 0 aliphatic carbocycles. The lowest BCUT2D eigenvalue weighted by Gasteiger charge is -2.34. The van der Waals surface area contributed by atoms with Gasteiger partial charge < -0.3 is 10.3 Å². The Hall–Kier alpha value is -1.65.